The summed E-state index contributed by atoms with van der Waals surface area (Å²) in [6, 6.07) is 29.3. The molecular formula is C31H36O6Si4. The molecule has 3 aromatic carbocycles. The molecule has 3 rings (SSSR count). The van der Waals surface area contributed by atoms with E-state index in [9.17, 15) is 0 Å². The van der Waals surface area contributed by atoms with Gasteiger partial charge in [0.15, 0.2) is 0 Å². The van der Waals surface area contributed by atoms with Gasteiger partial charge in [-0.05, 0) is 0 Å². The predicted molar refractivity (Wildman–Crippen MR) is 174 cm³/mol. The summed E-state index contributed by atoms with van der Waals surface area (Å²) in [5.41, 5.74) is 10.1. The molecular weight excluding hydrogens is 581 g/mol. The van der Waals surface area contributed by atoms with Crippen LogP contribution in [0, 0.1) is 34.4 Å². The molecule has 3 aromatic rings. The molecule has 0 radical (unpaired) electrons. The Labute approximate surface area is 250 Å². The summed E-state index contributed by atoms with van der Waals surface area (Å²) in [7, 11) is 0.838. The van der Waals surface area contributed by atoms with Gasteiger partial charge in [-0.3, -0.25) is 0 Å². The molecule has 0 spiro atoms. The highest BCUT2D eigenvalue weighted by Crippen LogP contribution is 2.21. The lowest BCUT2D eigenvalue weighted by atomic mass is 10.2. The van der Waals surface area contributed by atoms with E-state index in [1.54, 1.807) is 42.7 Å². The Bertz CT molecular complexity index is 1260. The van der Waals surface area contributed by atoms with Gasteiger partial charge in [0.05, 0.1) is 10.2 Å². The second-order valence-corrected chi connectivity index (χ2v) is 19.2. The van der Waals surface area contributed by atoms with Crippen molar-refractivity contribution in [1.29, 1.82) is 0 Å². The van der Waals surface area contributed by atoms with E-state index < -0.39 is 30.7 Å². The average molecular weight is 617 g/mol. The molecule has 0 fully saturated rings. The molecule has 0 bridgehead atoms. The number of benzene rings is 3. The predicted octanol–water partition coefficient (Wildman–Crippen LogP) is 1.06. The summed E-state index contributed by atoms with van der Waals surface area (Å²) in [6.07, 6.45) is 0. The van der Waals surface area contributed by atoms with Gasteiger partial charge in [-0.2, -0.15) is 0 Å². The monoisotopic (exact) mass is 616 g/mol. The second kappa shape index (κ2) is 14.7. The van der Waals surface area contributed by atoms with E-state index in [0.717, 1.165) is 15.6 Å². The third kappa shape index (κ3) is 7.44. The number of rotatable bonds is 9. The zero-order valence-corrected chi connectivity index (χ0v) is 29.6. The van der Waals surface area contributed by atoms with E-state index in [-0.39, 0.29) is 0 Å². The molecule has 0 saturated heterocycles. The van der Waals surface area contributed by atoms with Crippen LogP contribution in [0.2, 0.25) is 5.04 Å². The third-order valence-electron chi connectivity index (χ3n) is 6.62. The van der Waals surface area contributed by atoms with Crippen molar-refractivity contribution in [2.75, 3.05) is 42.7 Å². The molecule has 0 aliphatic rings. The smallest absolute Gasteiger partial charge is 0.385 e. The lowest BCUT2D eigenvalue weighted by Crippen LogP contribution is -2.52. The summed E-state index contributed by atoms with van der Waals surface area (Å²) in [5.74, 6) is 10.1. The first-order chi connectivity index (χ1) is 19.8. The van der Waals surface area contributed by atoms with E-state index >= 15 is 0 Å². The van der Waals surface area contributed by atoms with Crippen molar-refractivity contribution in [3.63, 3.8) is 0 Å². The molecule has 212 valence electrons. The van der Waals surface area contributed by atoms with Crippen molar-refractivity contribution in [1.82, 2.24) is 0 Å². The van der Waals surface area contributed by atoms with Gasteiger partial charge in [-0.1, -0.05) is 125 Å². The average Bonchev–Trinajstić information content (AvgIpc) is 3.05. The first-order valence-electron chi connectivity index (χ1n) is 12.9. The summed E-state index contributed by atoms with van der Waals surface area (Å²) in [5, 5.41) is 1.67. The van der Waals surface area contributed by atoms with Crippen LogP contribution in [0.5, 0.6) is 0 Å². The Balaban J connectivity index is 2.26. The highest BCUT2D eigenvalue weighted by Gasteiger charge is 2.40. The standard InChI is InChI=1S/C31H36O6Si4/c1-32-39(33-2,28-16-10-7-11-17-28)25-22-31(38,23-26-40(34-3,35-4)29-18-12-8-13-19-29)24-27-41(36-5,37-6)30-20-14-9-15-21-30/h7-21H,1-6,38H3. The minimum atomic E-state index is -3.12. The van der Waals surface area contributed by atoms with Crippen LogP contribution in [0.4, 0.5) is 0 Å². The Morgan fingerprint density at radius 3 is 0.854 bits per heavy atom. The van der Waals surface area contributed by atoms with Gasteiger partial charge in [0.25, 0.3) is 0 Å². The van der Waals surface area contributed by atoms with Crippen molar-refractivity contribution >= 4 is 51.5 Å². The molecule has 0 aromatic heterocycles. The molecule has 0 saturated carbocycles. The van der Waals surface area contributed by atoms with Gasteiger partial charge in [0.1, 0.15) is 5.04 Å². The second-order valence-electron chi connectivity index (χ2n) is 9.05. The SMILES string of the molecule is CO[Si](C#CC([SiH3])(C#C[Si](OC)(OC)c1ccccc1)C#C[Si](OC)(OC)c1ccccc1)(OC)c1ccccc1. The molecule has 0 atom stereocenters. The van der Waals surface area contributed by atoms with Crippen LogP contribution >= 0.6 is 0 Å². The van der Waals surface area contributed by atoms with Gasteiger partial charge < -0.3 is 26.6 Å². The lowest BCUT2D eigenvalue weighted by Gasteiger charge is -2.24. The Morgan fingerprint density at radius 1 is 0.439 bits per heavy atom. The van der Waals surface area contributed by atoms with Crippen molar-refractivity contribution in [3.8, 4) is 34.4 Å². The normalized spacial score (nSPS) is 11.9. The molecule has 41 heavy (non-hydrogen) atoms. The van der Waals surface area contributed by atoms with Crippen molar-refractivity contribution in [2.45, 2.75) is 5.04 Å². The Hall–Kier alpha value is -3.03. The van der Waals surface area contributed by atoms with Gasteiger partial charge in [0.2, 0.25) is 0 Å². The van der Waals surface area contributed by atoms with Gasteiger partial charge in [-0.15, -0.1) is 0 Å². The summed E-state index contributed by atoms with van der Waals surface area (Å²) < 4.78 is 35.8. The van der Waals surface area contributed by atoms with Gasteiger partial charge >= 0.3 is 25.7 Å². The maximum absolute atomic E-state index is 5.96. The lowest BCUT2D eigenvalue weighted by molar-refractivity contribution is 0.273. The number of hydrogen-bond acceptors (Lipinski definition) is 6. The minimum Gasteiger partial charge on any atom is -0.385 e. The highest BCUT2D eigenvalue weighted by molar-refractivity contribution is 6.89. The molecule has 0 N–H and O–H groups in total. The summed E-state index contributed by atoms with van der Waals surface area (Å²) in [4.78, 5) is 0. The van der Waals surface area contributed by atoms with Crippen LogP contribution in [-0.2, 0) is 26.6 Å². The fourth-order valence-electron chi connectivity index (χ4n) is 4.17. The van der Waals surface area contributed by atoms with E-state index in [1.807, 2.05) is 91.0 Å². The first kappa shape index (κ1) is 32.5. The molecule has 0 heterocycles. The van der Waals surface area contributed by atoms with Crippen molar-refractivity contribution in [2.24, 2.45) is 0 Å². The van der Waals surface area contributed by atoms with Crippen LogP contribution in [-0.4, -0.2) is 78.6 Å². The van der Waals surface area contributed by atoms with Crippen molar-refractivity contribution < 1.29 is 26.6 Å². The van der Waals surface area contributed by atoms with Crippen LogP contribution in [0.3, 0.4) is 0 Å². The largest absolute Gasteiger partial charge is 0.458 e. The summed E-state index contributed by atoms with van der Waals surface area (Å²) >= 11 is 0. The van der Waals surface area contributed by atoms with E-state index in [1.165, 1.54) is 0 Å². The minimum absolute atomic E-state index is 0.463. The molecule has 0 unspecified atom stereocenters. The third-order valence-corrected chi connectivity index (χ3v) is 15.5. The molecule has 10 heteroatoms. The molecule has 0 aliphatic heterocycles. The Morgan fingerprint density at radius 2 is 0.659 bits per heavy atom. The molecule has 6 nitrogen and oxygen atoms in total. The van der Waals surface area contributed by atoms with E-state index in [4.69, 9.17) is 26.6 Å². The fraction of sp³-hybridized carbons (Fsp3) is 0.226. The first-order valence-corrected chi connectivity index (χ1v) is 19.4. The topological polar surface area (TPSA) is 55.4 Å². The molecule has 0 amide bonds. The maximum Gasteiger partial charge on any atom is 0.458 e. The number of hydrogen-bond donors (Lipinski definition) is 0. The summed E-state index contributed by atoms with van der Waals surface area (Å²) in [6.45, 7) is 0. The van der Waals surface area contributed by atoms with Crippen LogP contribution in [0.25, 0.3) is 0 Å². The zero-order chi connectivity index (χ0) is 29.8. The van der Waals surface area contributed by atoms with Crippen LogP contribution in [0.1, 0.15) is 0 Å². The van der Waals surface area contributed by atoms with Gasteiger partial charge in [-0.25, -0.2) is 0 Å². The zero-order valence-electron chi connectivity index (χ0n) is 24.6. The van der Waals surface area contributed by atoms with Crippen LogP contribution < -0.4 is 15.6 Å². The Kier molecular flexibility index (Phi) is 11.7. The fourth-order valence-corrected chi connectivity index (χ4v) is 11.4. The van der Waals surface area contributed by atoms with Crippen molar-refractivity contribution in [3.05, 3.63) is 91.0 Å². The van der Waals surface area contributed by atoms with Crippen LogP contribution in [0.15, 0.2) is 91.0 Å². The quantitative estimate of drug-likeness (QED) is 0.265. The van der Waals surface area contributed by atoms with E-state index in [0.29, 0.717) is 10.2 Å². The van der Waals surface area contributed by atoms with Gasteiger partial charge in [0, 0.05) is 58.2 Å². The maximum atomic E-state index is 5.96. The van der Waals surface area contributed by atoms with E-state index in [2.05, 4.69) is 34.4 Å². The molecule has 0 aliphatic carbocycles. The highest BCUT2D eigenvalue weighted by atomic mass is 28.4.